The summed E-state index contributed by atoms with van der Waals surface area (Å²) < 4.78 is 5.09. The molecule has 0 bridgehead atoms. The van der Waals surface area contributed by atoms with Crippen molar-refractivity contribution in [2.75, 3.05) is 24.7 Å². The van der Waals surface area contributed by atoms with E-state index in [0.29, 0.717) is 18.7 Å². The number of ketones is 1. The molecule has 0 radical (unpaired) electrons. The van der Waals surface area contributed by atoms with E-state index in [0.717, 1.165) is 11.3 Å². The van der Waals surface area contributed by atoms with Crippen LogP contribution in [0.25, 0.3) is 0 Å². The van der Waals surface area contributed by atoms with Crippen molar-refractivity contribution < 1.29 is 14.3 Å². The first-order chi connectivity index (χ1) is 8.09. The summed E-state index contributed by atoms with van der Waals surface area (Å²) in [6.07, 6.45) is 0. The van der Waals surface area contributed by atoms with E-state index >= 15 is 0 Å². The lowest BCUT2D eigenvalue weighted by atomic mass is 10.1. The van der Waals surface area contributed by atoms with Gasteiger partial charge in [0, 0.05) is 17.8 Å². The molecule has 0 spiro atoms. The number of carbonyl (C=O) groups is 2. The van der Waals surface area contributed by atoms with E-state index in [-0.39, 0.29) is 18.3 Å². The molecule has 17 heavy (non-hydrogen) atoms. The number of anilines is 1. The second kappa shape index (κ2) is 4.67. The summed E-state index contributed by atoms with van der Waals surface area (Å²) in [5.74, 6) is 0.00267. The maximum atomic E-state index is 11.7. The van der Waals surface area contributed by atoms with Crippen molar-refractivity contribution in [3.05, 3.63) is 29.3 Å². The molecule has 2 rings (SSSR count). The minimum Gasteiger partial charge on any atom is -0.370 e. The monoisotopic (exact) mass is 233 g/mol. The maximum Gasteiger partial charge on any atom is 0.253 e. The summed E-state index contributed by atoms with van der Waals surface area (Å²) in [5, 5.41) is 0. The van der Waals surface area contributed by atoms with Crippen LogP contribution in [0.4, 0.5) is 5.69 Å². The summed E-state index contributed by atoms with van der Waals surface area (Å²) in [5.41, 5.74) is 2.48. The van der Waals surface area contributed by atoms with E-state index in [1.165, 1.54) is 6.92 Å². The molecule has 1 aliphatic heterocycles. The van der Waals surface area contributed by atoms with Crippen molar-refractivity contribution in [3.63, 3.8) is 0 Å². The largest absolute Gasteiger partial charge is 0.370 e. The predicted octanol–water partition coefficient (Wildman–Crippen LogP) is 1.56. The fourth-order valence-electron chi connectivity index (χ4n) is 1.95. The molecule has 1 aromatic rings. The number of ether oxygens (including phenoxy) is 1. The zero-order chi connectivity index (χ0) is 12.4. The number of aryl methyl sites for hydroxylation is 1. The van der Waals surface area contributed by atoms with Crippen LogP contribution in [0.3, 0.4) is 0 Å². The Morgan fingerprint density at radius 1 is 1.41 bits per heavy atom. The molecule has 0 N–H and O–H groups in total. The molecule has 1 amide bonds. The molecule has 0 atom stereocenters. The molecule has 1 saturated heterocycles. The summed E-state index contributed by atoms with van der Waals surface area (Å²) in [6.45, 7) is 4.70. The van der Waals surface area contributed by atoms with Gasteiger partial charge in [0.15, 0.2) is 5.78 Å². The van der Waals surface area contributed by atoms with Crippen LogP contribution in [0.15, 0.2) is 18.2 Å². The SMILES string of the molecule is CC(=O)c1ccc(N2CCOCC2=O)c(C)c1. The zero-order valence-electron chi connectivity index (χ0n) is 10.0. The highest BCUT2D eigenvalue weighted by molar-refractivity contribution is 5.98. The fourth-order valence-corrected chi connectivity index (χ4v) is 1.95. The van der Waals surface area contributed by atoms with Crippen molar-refractivity contribution in [3.8, 4) is 0 Å². The number of amides is 1. The Morgan fingerprint density at radius 2 is 2.18 bits per heavy atom. The molecule has 4 nitrogen and oxygen atoms in total. The van der Waals surface area contributed by atoms with Gasteiger partial charge < -0.3 is 9.64 Å². The van der Waals surface area contributed by atoms with Gasteiger partial charge >= 0.3 is 0 Å². The van der Waals surface area contributed by atoms with E-state index < -0.39 is 0 Å². The Morgan fingerprint density at radius 3 is 2.76 bits per heavy atom. The summed E-state index contributed by atoms with van der Waals surface area (Å²) in [6, 6.07) is 5.41. The van der Waals surface area contributed by atoms with Gasteiger partial charge in [0.1, 0.15) is 6.61 Å². The van der Waals surface area contributed by atoms with Crippen LogP contribution < -0.4 is 4.90 Å². The molecule has 1 fully saturated rings. The van der Waals surface area contributed by atoms with E-state index in [1.54, 1.807) is 11.0 Å². The first-order valence-electron chi connectivity index (χ1n) is 5.59. The van der Waals surface area contributed by atoms with Gasteiger partial charge in [-0.1, -0.05) is 0 Å². The third-order valence-electron chi connectivity index (χ3n) is 2.88. The number of Topliss-reactive ketones (excluding diaryl/α,β-unsaturated/α-hetero) is 1. The molecule has 4 heteroatoms. The lowest BCUT2D eigenvalue weighted by Gasteiger charge is -2.28. The molecule has 1 aromatic carbocycles. The Labute approximate surface area is 100 Å². The molecule has 90 valence electrons. The van der Waals surface area contributed by atoms with Crippen molar-refractivity contribution in [1.29, 1.82) is 0 Å². The molecule has 0 aliphatic carbocycles. The normalized spacial score (nSPS) is 16.1. The van der Waals surface area contributed by atoms with Crippen LogP contribution in [0.2, 0.25) is 0 Å². The van der Waals surface area contributed by atoms with Gasteiger partial charge in [-0.3, -0.25) is 9.59 Å². The van der Waals surface area contributed by atoms with Crippen molar-refractivity contribution in [2.45, 2.75) is 13.8 Å². The average molecular weight is 233 g/mol. The van der Waals surface area contributed by atoms with Gasteiger partial charge in [-0.05, 0) is 37.6 Å². The highest BCUT2D eigenvalue weighted by Gasteiger charge is 2.21. The first kappa shape index (κ1) is 11.8. The van der Waals surface area contributed by atoms with Gasteiger partial charge in [0.2, 0.25) is 0 Å². The Balaban J connectivity index is 2.32. The van der Waals surface area contributed by atoms with E-state index in [2.05, 4.69) is 0 Å². The number of nitrogens with zero attached hydrogens (tertiary/aromatic N) is 1. The van der Waals surface area contributed by atoms with Gasteiger partial charge in [-0.25, -0.2) is 0 Å². The lowest BCUT2D eigenvalue weighted by molar-refractivity contribution is -0.125. The van der Waals surface area contributed by atoms with Crippen molar-refractivity contribution >= 4 is 17.4 Å². The van der Waals surface area contributed by atoms with Crippen LogP contribution in [-0.2, 0) is 9.53 Å². The number of hydrogen-bond donors (Lipinski definition) is 0. The number of carbonyl (C=O) groups excluding carboxylic acids is 2. The molecule has 0 saturated carbocycles. The third-order valence-corrected chi connectivity index (χ3v) is 2.88. The topological polar surface area (TPSA) is 46.6 Å². The van der Waals surface area contributed by atoms with Gasteiger partial charge in [0.25, 0.3) is 5.91 Å². The molecule has 0 aromatic heterocycles. The molecule has 1 heterocycles. The average Bonchev–Trinajstić information content (AvgIpc) is 2.30. The van der Waals surface area contributed by atoms with Crippen molar-refractivity contribution in [1.82, 2.24) is 0 Å². The smallest absolute Gasteiger partial charge is 0.253 e. The van der Waals surface area contributed by atoms with E-state index in [4.69, 9.17) is 4.74 Å². The van der Waals surface area contributed by atoms with E-state index in [1.807, 2.05) is 19.1 Å². The lowest BCUT2D eigenvalue weighted by Crippen LogP contribution is -2.42. The summed E-state index contributed by atoms with van der Waals surface area (Å²) >= 11 is 0. The highest BCUT2D eigenvalue weighted by atomic mass is 16.5. The number of hydrogen-bond acceptors (Lipinski definition) is 3. The highest BCUT2D eigenvalue weighted by Crippen LogP contribution is 2.22. The third kappa shape index (κ3) is 2.36. The minimum absolute atomic E-state index is 0.0325. The summed E-state index contributed by atoms with van der Waals surface area (Å²) in [4.78, 5) is 24.7. The van der Waals surface area contributed by atoms with Gasteiger partial charge in [-0.15, -0.1) is 0 Å². The van der Waals surface area contributed by atoms with Crippen molar-refractivity contribution in [2.24, 2.45) is 0 Å². The molecule has 1 aliphatic rings. The second-order valence-electron chi connectivity index (χ2n) is 4.16. The summed E-state index contributed by atoms with van der Waals surface area (Å²) in [7, 11) is 0. The van der Waals surface area contributed by atoms with Crippen LogP contribution in [0, 0.1) is 6.92 Å². The maximum absolute atomic E-state index is 11.7. The van der Waals surface area contributed by atoms with Gasteiger partial charge in [-0.2, -0.15) is 0 Å². The molecular formula is C13H15NO3. The number of benzene rings is 1. The standard InChI is InChI=1S/C13H15NO3/c1-9-7-11(10(2)15)3-4-12(9)14-5-6-17-8-13(14)16/h3-4,7H,5-6,8H2,1-2H3. The predicted molar refractivity (Wildman–Crippen MR) is 64.4 cm³/mol. The second-order valence-corrected chi connectivity index (χ2v) is 4.16. The Hall–Kier alpha value is -1.68. The van der Waals surface area contributed by atoms with E-state index in [9.17, 15) is 9.59 Å². The zero-order valence-corrected chi connectivity index (χ0v) is 10.0. The van der Waals surface area contributed by atoms with Gasteiger partial charge in [0.05, 0.1) is 6.61 Å². The molecular weight excluding hydrogens is 218 g/mol. The first-order valence-corrected chi connectivity index (χ1v) is 5.59. The Bertz CT molecular complexity index is 468. The quantitative estimate of drug-likeness (QED) is 0.728. The van der Waals surface area contributed by atoms with Crippen LogP contribution in [-0.4, -0.2) is 31.4 Å². The van der Waals surface area contributed by atoms with Crippen LogP contribution >= 0.6 is 0 Å². The van der Waals surface area contributed by atoms with Crippen LogP contribution in [0.5, 0.6) is 0 Å². The number of morpholine rings is 1. The number of rotatable bonds is 2. The molecule has 0 unspecified atom stereocenters. The fraction of sp³-hybridized carbons (Fsp3) is 0.385. The Kier molecular flexibility index (Phi) is 3.24. The van der Waals surface area contributed by atoms with Crippen LogP contribution in [0.1, 0.15) is 22.8 Å². The minimum atomic E-state index is -0.0325.